The van der Waals surface area contributed by atoms with Gasteiger partial charge in [-0.2, -0.15) is 8.78 Å². The van der Waals surface area contributed by atoms with Gasteiger partial charge in [-0.3, -0.25) is 4.90 Å². The molecule has 0 radical (unpaired) electrons. The quantitative estimate of drug-likeness (QED) is 0.544. The number of alkyl halides is 2. The second-order valence-corrected chi connectivity index (χ2v) is 6.55. The zero-order valence-corrected chi connectivity index (χ0v) is 17.0. The van der Waals surface area contributed by atoms with E-state index in [0.29, 0.717) is 31.9 Å². The fourth-order valence-corrected chi connectivity index (χ4v) is 3.07. The summed E-state index contributed by atoms with van der Waals surface area (Å²) in [6.45, 7) is 4.23. The molecule has 29 heavy (non-hydrogen) atoms. The monoisotopic (exact) mass is 407 g/mol. The van der Waals surface area contributed by atoms with Crippen molar-refractivity contribution < 1.29 is 28.1 Å². The van der Waals surface area contributed by atoms with Crippen LogP contribution in [0.25, 0.3) is 0 Å². The Morgan fingerprint density at radius 2 is 1.86 bits per heavy atom. The van der Waals surface area contributed by atoms with Gasteiger partial charge in [-0.15, -0.1) is 6.58 Å². The fraction of sp³-hybridized carbons (Fsp3) is 0.364. The first-order valence-electron chi connectivity index (χ1n) is 9.26. The van der Waals surface area contributed by atoms with Crippen molar-refractivity contribution in [3.63, 3.8) is 0 Å². The molecule has 0 aromatic heterocycles. The lowest BCUT2D eigenvalue weighted by Crippen LogP contribution is -2.18. The minimum absolute atomic E-state index is 0.00923. The maximum atomic E-state index is 12.5. The summed E-state index contributed by atoms with van der Waals surface area (Å²) >= 11 is 0. The Labute approximate surface area is 170 Å². The van der Waals surface area contributed by atoms with Crippen LogP contribution in [0.2, 0.25) is 0 Å². The third-order valence-corrected chi connectivity index (χ3v) is 4.25. The zero-order valence-electron chi connectivity index (χ0n) is 17.0. The fourth-order valence-electron chi connectivity index (χ4n) is 3.07. The Kier molecular flexibility index (Phi) is 8.27. The number of benzene rings is 2. The third-order valence-electron chi connectivity index (χ3n) is 4.25. The Morgan fingerprint density at radius 1 is 1.14 bits per heavy atom. The van der Waals surface area contributed by atoms with E-state index in [9.17, 15) is 13.9 Å². The van der Waals surface area contributed by atoms with Gasteiger partial charge in [0.15, 0.2) is 11.5 Å². The van der Waals surface area contributed by atoms with Gasteiger partial charge < -0.3 is 19.3 Å². The number of nitrogens with zero attached hydrogens (tertiary/aromatic N) is 1. The molecule has 0 heterocycles. The molecule has 0 aliphatic rings. The number of halogens is 2. The molecule has 0 aliphatic heterocycles. The van der Waals surface area contributed by atoms with Crippen molar-refractivity contribution in [1.29, 1.82) is 0 Å². The van der Waals surface area contributed by atoms with Gasteiger partial charge >= 0.3 is 6.61 Å². The molecule has 7 heteroatoms. The van der Waals surface area contributed by atoms with Crippen LogP contribution in [0.3, 0.4) is 0 Å². The molecule has 158 valence electrons. The van der Waals surface area contributed by atoms with Crippen LogP contribution < -0.4 is 14.2 Å². The molecule has 0 bridgehead atoms. The van der Waals surface area contributed by atoms with E-state index in [1.54, 1.807) is 18.2 Å². The number of rotatable bonds is 11. The molecule has 0 aliphatic carbocycles. The lowest BCUT2D eigenvalue weighted by atomic mass is 10.0. The summed E-state index contributed by atoms with van der Waals surface area (Å²) in [5.74, 6) is 1.15. The van der Waals surface area contributed by atoms with Gasteiger partial charge in [-0.05, 0) is 50.2 Å². The molecule has 5 nitrogen and oxygen atoms in total. The van der Waals surface area contributed by atoms with E-state index in [0.717, 1.165) is 16.7 Å². The Bertz CT molecular complexity index is 827. The maximum Gasteiger partial charge on any atom is 0.387 e. The second kappa shape index (κ2) is 10.7. The summed E-state index contributed by atoms with van der Waals surface area (Å²) in [7, 11) is 3.30. The first-order chi connectivity index (χ1) is 13.9. The van der Waals surface area contributed by atoms with Crippen LogP contribution >= 0.6 is 0 Å². The predicted molar refractivity (Wildman–Crippen MR) is 108 cm³/mol. The number of allylic oxidation sites excluding steroid dienone is 1. The Morgan fingerprint density at radius 3 is 2.48 bits per heavy atom. The highest BCUT2D eigenvalue weighted by atomic mass is 19.3. The van der Waals surface area contributed by atoms with E-state index in [-0.39, 0.29) is 17.2 Å². The number of ether oxygens (including phenoxy) is 3. The SMILES string of the molecule is C=CCc1cc(OCC)cc(CN(C)Cc2ccc(OC(F)F)c(OC)c2)c1O. The number of phenols is 1. The molecule has 0 spiro atoms. The Balaban J connectivity index is 2.18. The number of hydrogen-bond acceptors (Lipinski definition) is 5. The van der Waals surface area contributed by atoms with E-state index in [1.807, 2.05) is 31.0 Å². The number of methoxy groups -OCH3 is 1. The van der Waals surface area contributed by atoms with Gasteiger partial charge in [-0.1, -0.05) is 12.1 Å². The standard InChI is InChI=1S/C22H27F2NO4/c1-5-7-16-11-18(28-6-2)12-17(21(16)26)14-25(3)13-15-8-9-19(29-22(23)24)20(10-15)27-4/h5,8-12,22,26H,1,6-7,13-14H2,2-4H3. The summed E-state index contributed by atoms with van der Waals surface area (Å²) < 4.78 is 40.2. The molecule has 0 fully saturated rings. The molecule has 0 saturated heterocycles. The second-order valence-electron chi connectivity index (χ2n) is 6.55. The third kappa shape index (κ3) is 6.35. The smallest absolute Gasteiger partial charge is 0.387 e. The van der Waals surface area contributed by atoms with Crippen molar-refractivity contribution >= 4 is 0 Å². The molecule has 1 N–H and O–H groups in total. The van der Waals surface area contributed by atoms with E-state index < -0.39 is 6.61 Å². The highest BCUT2D eigenvalue weighted by Crippen LogP contribution is 2.32. The highest BCUT2D eigenvalue weighted by Gasteiger charge is 2.14. The molecule has 2 aromatic rings. The van der Waals surface area contributed by atoms with Crippen molar-refractivity contribution in [1.82, 2.24) is 4.90 Å². The maximum absolute atomic E-state index is 12.5. The lowest BCUT2D eigenvalue weighted by molar-refractivity contribution is -0.0512. The minimum atomic E-state index is -2.91. The first-order valence-corrected chi connectivity index (χ1v) is 9.26. The average Bonchev–Trinajstić information content (AvgIpc) is 2.66. The number of aromatic hydroxyl groups is 1. The van der Waals surface area contributed by atoms with Crippen molar-refractivity contribution in [3.05, 3.63) is 59.7 Å². The first kappa shape index (κ1) is 22.5. The van der Waals surface area contributed by atoms with Gasteiger partial charge in [0.2, 0.25) is 0 Å². The highest BCUT2D eigenvalue weighted by molar-refractivity contribution is 5.47. The molecular formula is C22H27F2NO4. The summed E-state index contributed by atoms with van der Waals surface area (Å²) in [4.78, 5) is 1.99. The van der Waals surface area contributed by atoms with Crippen LogP contribution in [0.1, 0.15) is 23.6 Å². The zero-order chi connectivity index (χ0) is 21.4. The summed E-state index contributed by atoms with van der Waals surface area (Å²) in [6.07, 6.45) is 2.26. The van der Waals surface area contributed by atoms with Gasteiger partial charge in [0.05, 0.1) is 13.7 Å². The van der Waals surface area contributed by atoms with Crippen LogP contribution in [0.5, 0.6) is 23.0 Å². The normalized spacial score (nSPS) is 11.0. The van der Waals surface area contributed by atoms with Crippen LogP contribution in [-0.4, -0.2) is 37.4 Å². The molecule has 0 unspecified atom stereocenters. The largest absolute Gasteiger partial charge is 0.507 e. The van der Waals surface area contributed by atoms with Crippen molar-refractivity contribution in [2.45, 2.75) is 33.0 Å². The molecule has 2 aromatic carbocycles. The molecular weight excluding hydrogens is 380 g/mol. The molecule has 0 atom stereocenters. The van der Waals surface area contributed by atoms with E-state index >= 15 is 0 Å². The summed E-state index contributed by atoms with van der Waals surface area (Å²) in [6, 6.07) is 8.46. The minimum Gasteiger partial charge on any atom is -0.507 e. The predicted octanol–water partition coefficient (Wildman–Crippen LogP) is 4.76. The average molecular weight is 407 g/mol. The lowest BCUT2D eigenvalue weighted by Gasteiger charge is -2.20. The number of hydrogen-bond donors (Lipinski definition) is 1. The van der Waals surface area contributed by atoms with Crippen LogP contribution in [0.4, 0.5) is 8.78 Å². The van der Waals surface area contributed by atoms with Gasteiger partial charge in [0, 0.05) is 24.2 Å². The Hall–Kier alpha value is -2.80. The van der Waals surface area contributed by atoms with Crippen LogP contribution in [0.15, 0.2) is 43.0 Å². The summed E-state index contributed by atoms with van der Waals surface area (Å²) in [5, 5.41) is 10.6. The van der Waals surface area contributed by atoms with E-state index in [1.165, 1.54) is 13.2 Å². The van der Waals surface area contributed by atoms with E-state index in [2.05, 4.69) is 11.3 Å². The summed E-state index contributed by atoms with van der Waals surface area (Å²) in [5.41, 5.74) is 2.35. The van der Waals surface area contributed by atoms with Crippen molar-refractivity contribution in [2.24, 2.45) is 0 Å². The van der Waals surface area contributed by atoms with Gasteiger partial charge in [0.25, 0.3) is 0 Å². The topological polar surface area (TPSA) is 51.2 Å². The van der Waals surface area contributed by atoms with Gasteiger partial charge in [-0.25, -0.2) is 0 Å². The van der Waals surface area contributed by atoms with Gasteiger partial charge in [0.1, 0.15) is 11.5 Å². The molecule has 0 saturated carbocycles. The van der Waals surface area contributed by atoms with Crippen molar-refractivity contribution in [2.75, 3.05) is 20.8 Å². The van der Waals surface area contributed by atoms with Crippen LogP contribution in [0, 0.1) is 0 Å². The van der Waals surface area contributed by atoms with E-state index in [4.69, 9.17) is 9.47 Å². The van der Waals surface area contributed by atoms with Crippen molar-refractivity contribution in [3.8, 4) is 23.0 Å². The molecule has 2 rings (SSSR count). The van der Waals surface area contributed by atoms with Crippen LogP contribution in [-0.2, 0) is 19.5 Å². The number of phenolic OH excluding ortho intramolecular Hbond substituents is 1. The molecule has 0 amide bonds.